The number of phenolic OH excluding ortho intramolecular Hbond substituents is 2. The molecule has 1 aromatic carbocycles. The number of carbonyl (C=O) groups excluding carboxylic acids is 2. The van der Waals surface area contributed by atoms with E-state index in [9.17, 15) is 34.5 Å². The Hall–Kier alpha value is -2.99. The summed E-state index contributed by atoms with van der Waals surface area (Å²) in [6.07, 6.45) is -0.0112. The maximum absolute atomic E-state index is 12.0. The zero-order chi connectivity index (χ0) is 22.7. The molecule has 0 fully saturated rings. The monoisotopic (exact) mass is 443 g/mol. The number of hydrogen-bond acceptors (Lipinski definition) is 8. The van der Waals surface area contributed by atoms with E-state index in [2.05, 4.69) is 28.6 Å². The zero-order valence-corrected chi connectivity index (χ0v) is 16.9. The van der Waals surface area contributed by atoms with Crippen molar-refractivity contribution >= 4 is 36.4 Å². The van der Waals surface area contributed by atoms with Gasteiger partial charge in [-0.3, -0.25) is 19.2 Å². The number of carboxylic acids is 2. The van der Waals surface area contributed by atoms with Crippen molar-refractivity contribution in [3.63, 3.8) is 0 Å². The molecule has 2 atom stereocenters. The topological polar surface area (TPSA) is 185 Å². The fourth-order valence-corrected chi connectivity index (χ4v) is 2.75. The number of carboxylic acid groups (broad SMARTS) is 2. The highest BCUT2D eigenvalue weighted by molar-refractivity contribution is 7.80. The Morgan fingerprint density at radius 3 is 2.37 bits per heavy atom. The van der Waals surface area contributed by atoms with Gasteiger partial charge in [0.2, 0.25) is 11.8 Å². The van der Waals surface area contributed by atoms with E-state index >= 15 is 0 Å². The first-order chi connectivity index (χ1) is 14.1. The molecule has 0 aliphatic carbocycles. The van der Waals surface area contributed by atoms with Crippen LogP contribution in [0.1, 0.15) is 18.4 Å². The summed E-state index contributed by atoms with van der Waals surface area (Å²) in [5, 5.41) is 44.3. The lowest BCUT2D eigenvalue weighted by Crippen LogP contribution is -2.49. The van der Waals surface area contributed by atoms with Crippen LogP contribution in [0.3, 0.4) is 0 Å². The van der Waals surface area contributed by atoms with Gasteiger partial charge in [0.25, 0.3) is 0 Å². The van der Waals surface area contributed by atoms with Crippen LogP contribution in [0.4, 0.5) is 0 Å². The van der Waals surface area contributed by atoms with E-state index in [1.165, 1.54) is 18.2 Å². The van der Waals surface area contributed by atoms with Crippen molar-refractivity contribution in [3.05, 3.63) is 23.8 Å². The van der Waals surface area contributed by atoms with E-state index in [-0.39, 0.29) is 43.1 Å². The largest absolute Gasteiger partial charge is 0.508 e. The van der Waals surface area contributed by atoms with Crippen LogP contribution in [0.5, 0.6) is 11.5 Å². The third-order valence-electron chi connectivity index (χ3n) is 4.05. The molecule has 0 radical (unpaired) electrons. The zero-order valence-electron chi connectivity index (χ0n) is 16.0. The van der Waals surface area contributed by atoms with Crippen molar-refractivity contribution in [1.82, 2.24) is 16.0 Å². The number of aromatic hydroxyl groups is 2. The molecule has 1 aromatic rings. The molecule has 1 rings (SSSR count). The maximum Gasteiger partial charge on any atom is 0.322 e. The summed E-state index contributed by atoms with van der Waals surface area (Å²) in [7, 11) is 0. The predicted octanol–water partition coefficient (Wildman–Crippen LogP) is -0.921. The Labute approximate surface area is 177 Å². The number of carbonyl (C=O) groups is 4. The summed E-state index contributed by atoms with van der Waals surface area (Å²) >= 11 is 3.94. The molecule has 2 amide bonds. The lowest BCUT2D eigenvalue weighted by molar-refractivity contribution is -0.140. The van der Waals surface area contributed by atoms with Crippen LogP contribution < -0.4 is 16.0 Å². The summed E-state index contributed by atoms with van der Waals surface area (Å²) in [5.74, 6) is -3.82. The Morgan fingerprint density at radius 1 is 1.07 bits per heavy atom. The van der Waals surface area contributed by atoms with E-state index in [0.717, 1.165) is 0 Å². The Balaban J connectivity index is 2.49. The number of benzene rings is 1. The van der Waals surface area contributed by atoms with Gasteiger partial charge in [-0.1, -0.05) is 0 Å². The van der Waals surface area contributed by atoms with Gasteiger partial charge < -0.3 is 36.4 Å². The van der Waals surface area contributed by atoms with Gasteiger partial charge >= 0.3 is 11.9 Å². The third-order valence-corrected chi connectivity index (χ3v) is 4.42. The van der Waals surface area contributed by atoms with Gasteiger partial charge in [-0.15, -0.1) is 0 Å². The minimum absolute atomic E-state index is 0.0274. The maximum atomic E-state index is 12.0. The van der Waals surface area contributed by atoms with Gasteiger partial charge in [0.1, 0.15) is 30.1 Å². The molecule has 11 nitrogen and oxygen atoms in total. The molecule has 0 bridgehead atoms. The lowest BCUT2D eigenvalue weighted by atomic mass is 10.1. The van der Waals surface area contributed by atoms with E-state index < -0.39 is 42.4 Å². The number of amides is 2. The first kappa shape index (κ1) is 25.0. The molecule has 0 heterocycles. The highest BCUT2D eigenvalue weighted by Gasteiger charge is 2.22. The van der Waals surface area contributed by atoms with E-state index in [1.807, 2.05) is 0 Å². The van der Waals surface area contributed by atoms with Crippen LogP contribution in [-0.2, 0) is 25.6 Å². The number of aliphatic carboxylic acids is 2. The molecule has 0 aromatic heterocycles. The average molecular weight is 443 g/mol. The van der Waals surface area contributed by atoms with Crippen molar-refractivity contribution < 1.29 is 39.6 Å². The van der Waals surface area contributed by atoms with Crippen LogP contribution >= 0.6 is 12.6 Å². The Kier molecular flexibility index (Phi) is 10.5. The second-order valence-corrected chi connectivity index (χ2v) is 6.73. The van der Waals surface area contributed by atoms with Crippen LogP contribution in [-0.4, -0.2) is 75.1 Å². The fraction of sp³-hybridized carbons (Fsp3) is 0.444. The molecule has 7 N–H and O–H groups in total. The Morgan fingerprint density at radius 2 is 1.77 bits per heavy atom. The van der Waals surface area contributed by atoms with Gasteiger partial charge in [0, 0.05) is 18.7 Å². The molecule has 12 heteroatoms. The number of phenols is 2. The number of nitrogens with one attached hydrogen (secondary N) is 3. The van der Waals surface area contributed by atoms with Gasteiger partial charge in [0.15, 0.2) is 0 Å². The molecule has 0 unspecified atom stereocenters. The molecule has 0 aliphatic heterocycles. The van der Waals surface area contributed by atoms with Crippen molar-refractivity contribution in [2.24, 2.45) is 0 Å². The predicted molar refractivity (Wildman–Crippen MR) is 109 cm³/mol. The van der Waals surface area contributed by atoms with E-state index in [4.69, 9.17) is 5.11 Å². The first-order valence-electron chi connectivity index (χ1n) is 9.00. The molecule has 30 heavy (non-hydrogen) atoms. The standard InChI is InChI=1S/C18H25N3O8S/c22-11-1-3-14(23)10(7-11)5-6-19-12(18(28)29)2-4-15(24)21-13(9-30)17(27)20-8-16(25)26/h1,3,7,12-13,19,22-23,30H,2,4-6,8-9H2,(H,20,27)(H,21,24)(H,25,26)(H,28,29)/t12-,13-/m0/s1. The minimum Gasteiger partial charge on any atom is -0.508 e. The summed E-state index contributed by atoms with van der Waals surface area (Å²) in [5.41, 5.74) is 0.438. The van der Waals surface area contributed by atoms with Crippen molar-refractivity contribution in [1.29, 1.82) is 0 Å². The van der Waals surface area contributed by atoms with Crippen LogP contribution in [0.15, 0.2) is 18.2 Å². The molecule has 166 valence electrons. The van der Waals surface area contributed by atoms with E-state index in [0.29, 0.717) is 5.56 Å². The smallest absolute Gasteiger partial charge is 0.322 e. The number of rotatable bonds is 13. The summed E-state index contributed by atoms with van der Waals surface area (Å²) in [6.45, 7) is -0.425. The summed E-state index contributed by atoms with van der Waals surface area (Å²) in [6, 6.07) is 1.92. The summed E-state index contributed by atoms with van der Waals surface area (Å²) < 4.78 is 0. The lowest BCUT2D eigenvalue weighted by Gasteiger charge is -2.18. The van der Waals surface area contributed by atoms with Gasteiger partial charge in [-0.05, 0) is 36.6 Å². The van der Waals surface area contributed by atoms with E-state index in [1.54, 1.807) is 0 Å². The number of hydrogen-bond donors (Lipinski definition) is 8. The fourth-order valence-electron chi connectivity index (χ4n) is 2.49. The highest BCUT2D eigenvalue weighted by atomic mass is 32.1. The van der Waals surface area contributed by atoms with Crippen LogP contribution in [0.25, 0.3) is 0 Å². The van der Waals surface area contributed by atoms with Gasteiger partial charge in [-0.2, -0.15) is 12.6 Å². The first-order valence-corrected chi connectivity index (χ1v) is 9.64. The molecule has 0 aliphatic rings. The SMILES string of the molecule is O=C(O)CNC(=O)[C@H](CS)NC(=O)CC[C@H](NCCc1cc(O)ccc1O)C(=O)O. The van der Waals surface area contributed by atoms with Crippen molar-refractivity contribution in [3.8, 4) is 11.5 Å². The average Bonchev–Trinajstić information content (AvgIpc) is 2.68. The van der Waals surface area contributed by atoms with Crippen molar-refractivity contribution in [2.75, 3.05) is 18.8 Å². The summed E-state index contributed by atoms with van der Waals surface area (Å²) in [4.78, 5) is 45.7. The van der Waals surface area contributed by atoms with Crippen LogP contribution in [0, 0.1) is 0 Å². The normalized spacial score (nSPS) is 12.6. The molecule has 0 spiro atoms. The van der Waals surface area contributed by atoms with Gasteiger partial charge in [-0.25, -0.2) is 0 Å². The molecule has 0 saturated carbocycles. The quantitative estimate of drug-likeness (QED) is 0.141. The Bertz CT molecular complexity index is 774. The third kappa shape index (κ3) is 9.01. The molecular formula is C18H25N3O8S. The minimum atomic E-state index is -1.23. The highest BCUT2D eigenvalue weighted by Crippen LogP contribution is 2.22. The van der Waals surface area contributed by atoms with Crippen LogP contribution in [0.2, 0.25) is 0 Å². The molecule has 0 saturated heterocycles. The second kappa shape index (κ2) is 12.5. The van der Waals surface area contributed by atoms with Crippen molar-refractivity contribution in [2.45, 2.75) is 31.3 Å². The van der Waals surface area contributed by atoms with Gasteiger partial charge in [0.05, 0.1) is 0 Å². The number of thiol groups is 1. The molecular weight excluding hydrogens is 418 g/mol. The second-order valence-electron chi connectivity index (χ2n) is 6.36.